The molecule has 226 valence electrons. The van der Waals surface area contributed by atoms with Gasteiger partial charge in [-0.15, -0.1) is 0 Å². The van der Waals surface area contributed by atoms with Crippen LogP contribution in [0.1, 0.15) is 36.1 Å². The van der Waals surface area contributed by atoms with E-state index in [0.29, 0.717) is 45.6 Å². The fourth-order valence-corrected chi connectivity index (χ4v) is 3.96. The van der Waals surface area contributed by atoms with E-state index < -0.39 is 5.97 Å². The highest BCUT2D eigenvalue weighted by Crippen LogP contribution is 2.22. The van der Waals surface area contributed by atoms with E-state index in [0.717, 1.165) is 11.1 Å². The second kappa shape index (κ2) is 17.2. The Morgan fingerprint density at radius 1 is 0.860 bits per heavy atom. The average Bonchev–Trinajstić information content (AvgIpc) is 3.03. The molecule has 3 aromatic carbocycles. The molecule has 0 heterocycles. The Bertz CT molecular complexity index is 1470. The molecule has 0 N–H and O–H groups in total. The Kier molecular flexibility index (Phi) is 13.1. The number of carbonyl (C=O) groups is 1. The van der Waals surface area contributed by atoms with Gasteiger partial charge in [0.05, 0.1) is 20.5 Å². The van der Waals surface area contributed by atoms with Gasteiger partial charge in [0.1, 0.15) is 55.4 Å². The molecule has 0 spiro atoms. The number of methoxy groups -OCH3 is 2. The van der Waals surface area contributed by atoms with E-state index in [1.165, 1.54) is 27.6 Å². The van der Waals surface area contributed by atoms with Gasteiger partial charge in [0.25, 0.3) is 0 Å². The number of ether oxygens (including phenoxy) is 3. The summed E-state index contributed by atoms with van der Waals surface area (Å²) in [7, 11) is 4.25. The molecule has 0 aliphatic rings. The van der Waals surface area contributed by atoms with Crippen molar-refractivity contribution >= 4 is 40.3 Å². The average molecular weight is 608 g/mol. The molecule has 0 atom stereocenters. The van der Waals surface area contributed by atoms with Gasteiger partial charge in [-0.3, -0.25) is 0 Å². The van der Waals surface area contributed by atoms with Crippen molar-refractivity contribution < 1.29 is 33.5 Å². The normalized spacial score (nSPS) is 12.4. The van der Waals surface area contributed by atoms with Gasteiger partial charge in [0.2, 0.25) is 0 Å². The SMILES string of the molecule is CCON=C(/C(C)=N/OCc1ccccc1C(=COC)C(=O)OC)c1ccc(OC/C(=N/OC)c2ccc(Cl)cc2)cc1. The van der Waals surface area contributed by atoms with Crippen LogP contribution in [0.3, 0.4) is 0 Å². The number of rotatable bonds is 15. The summed E-state index contributed by atoms with van der Waals surface area (Å²) in [6.45, 7) is 4.24. The van der Waals surface area contributed by atoms with Crippen LogP contribution in [0.2, 0.25) is 5.02 Å². The fraction of sp³-hybridized carbons (Fsp3) is 0.250. The molecule has 0 saturated carbocycles. The zero-order valence-corrected chi connectivity index (χ0v) is 25.5. The van der Waals surface area contributed by atoms with Crippen molar-refractivity contribution in [3.8, 4) is 5.75 Å². The Morgan fingerprint density at radius 3 is 2.21 bits per heavy atom. The molecular formula is C32H34ClN3O7. The first-order chi connectivity index (χ1) is 20.9. The van der Waals surface area contributed by atoms with E-state index in [2.05, 4.69) is 15.5 Å². The molecule has 0 unspecified atom stereocenters. The molecule has 0 aliphatic carbocycles. The molecule has 0 aromatic heterocycles. The quantitative estimate of drug-likeness (QED) is 0.0659. The molecule has 0 radical (unpaired) electrons. The zero-order chi connectivity index (χ0) is 31.0. The van der Waals surface area contributed by atoms with Gasteiger partial charge < -0.3 is 28.7 Å². The predicted octanol–water partition coefficient (Wildman–Crippen LogP) is 6.26. The summed E-state index contributed by atoms with van der Waals surface area (Å²) in [5.41, 5.74) is 4.74. The van der Waals surface area contributed by atoms with Crippen LogP contribution >= 0.6 is 11.6 Å². The van der Waals surface area contributed by atoms with Crippen LogP contribution in [0.4, 0.5) is 0 Å². The molecule has 0 bridgehead atoms. The van der Waals surface area contributed by atoms with Crippen molar-refractivity contribution in [1.29, 1.82) is 0 Å². The highest BCUT2D eigenvalue weighted by molar-refractivity contribution is 6.47. The molecule has 0 aliphatic heterocycles. The van der Waals surface area contributed by atoms with Crippen LogP contribution in [0, 0.1) is 0 Å². The first kappa shape index (κ1) is 32.7. The van der Waals surface area contributed by atoms with Gasteiger partial charge in [-0.1, -0.05) is 63.5 Å². The van der Waals surface area contributed by atoms with Crippen LogP contribution in [-0.4, -0.2) is 57.6 Å². The minimum atomic E-state index is -0.528. The maximum absolute atomic E-state index is 12.3. The number of hydrogen-bond donors (Lipinski definition) is 0. The third-order valence-electron chi connectivity index (χ3n) is 5.88. The number of nitrogens with zero attached hydrogens (tertiary/aromatic N) is 3. The predicted molar refractivity (Wildman–Crippen MR) is 166 cm³/mol. The van der Waals surface area contributed by atoms with Crippen LogP contribution < -0.4 is 4.74 Å². The summed E-state index contributed by atoms with van der Waals surface area (Å²) in [4.78, 5) is 28.3. The van der Waals surface area contributed by atoms with Gasteiger partial charge in [-0.25, -0.2) is 4.79 Å². The van der Waals surface area contributed by atoms with E-state index in [9.17, 15) is 4.79 Å². The number of oxime groups is 3. The van der Waals surface area contributed by atoms with Crippen LogP contribution in [0.5, 0.6) is 5.75 Å². The fourth-order valence-electron chi connectivity index (χ4n) is 3.83. The molecule has 0 amide bonds. The van der Waals surface area contributed by atoms with E-state index in [1.54, 1.807) is 25.1 Å². The summed E-state index contributed by atoms with van der Waals surface area (Å²) in [6.07, 6.45) is 1.34. The van der Waals surface area contributed by atoms with Crippen molar-refractivity contribution in [1.82, 2.24) is 0 Å². The number of benzene rings is 3. The maximum atomic E-state index is 12.3. The maximum Gasteiger partial charge on any atom is 0.341 e. The summed E-state index contributed by atoms with van der Waals surface area (Å²) in [5.74, 6) is 0.0879. The highest BCUT2D eigenvalue weighted by Gasteiger charge is 2.17. The number of esters is 1. The van der Waals surface area contributed by atoms with Gasteiger partial charge in [0, 0.05) is 21.7 Å². The zero-order valence-electron chi connectivity index (χ0n) is 24.7. The first-order valence-corrected chi connectivity index (χ1v) is 13.6. The van der Waals surface area contributed by atoms with Gasteiger partial charge in [0.15, 0.2) is 0 Å². The van der Waals surface area contributed by atoms with Gasteiger partial charge in [-0.2, -0.15) is 0 Å². The Balaban J connectivity index is 1.74. The lowest BCUT2D eigenvalue weighted by Crippen LogP contribution is -2.15. The minimum absolute atomic E-state index is 0.0826. The van der Waals surface area contributed by atoms with Crippen LogP contribution in [-0.2, 0) is 35.4 Å². The minimum Gasteiger partial charge on any atom is -0.503 e. The number of halogens is 1. The summed E-state index contributed by atoms with van der Waals surface area (Å²) in [6, 6.07) is 21.8. The topological polar surface area (TPSA) is 110 Å². The van der Waals surface area contributed by atoms with E-state index in [-0.39, 0.29) is 18.8 Å². The van der Waals surface area contributed by atoms with Crippen LogP contribution in [0.25, 0.3) is 5.57 Å². The summed E-state index contributed by atoms with van der Waals surface area (Å²) in [5, 5.41) is 13.2. The van der Waals surface area contributed by atoms with Crippen molar-refractivity contribution in [2.24, 2.45) is 15.5 Å². The third-order valence-corrected chi connectivity index (χ3v) is 6.13. The van der Waals surface area contributed by atoms with Gasteiger partial charge >= 0.3 is 5.97 Å². The lowest BCUT2D eigenvalue weighted by Gasteiger charge is -2.12. The molecule has 3 rings (SSSR count). The van der Waals surface area contributed by atoms with Crippen molar-refractivity contribution in [2.75, 3.05) is 34.5 Å². The van der Waals surface area contributed by atoms with E-state index >= 15 is 0 Å². The summed E-state index contributed by atoms with van der Waals surface area (Å²) >= 11 is 6.00. The molecular weight excluding hydrogens is 574 g/mol. The van der Waals surface area contributed by atoms with Gasteiger partial charge in [-0.05, 0) is 55.8 Å². The number of hydrogen-bond acceptors (Lipinski definition) is 10. The Hall–Kier alpha value is -4.83. The molecule has 3 aromatic rings. The lowest BCUT2D eigenvalue weighted by molar-refractivity contribution is -0.133. The second-order valence-electron chi connectivity index (χ2n) is 8.76. The summed E-state index contributed by atoms with van der Waals surface area (Å²) < 4.78 is 15.9. The third kappa shape index (κ3) is 9.61. The molecule has 0 fully saturated rings. The molecule has 10 nitrogen and oxygen atoms in total. The molecule has 0 saturated heterocycles. The van der Waals surface area contributed by atoms with Crippen molar-refractivity contribution in [3.05, 3.63) is 106 Å². The molecule has 11 heteroatoms. The standard InChI is InChI=1S/C32H34ClN3O7/c1-6-42-36-31(22(2)34-43-19-25-9-7-8-10-28(25)29(20-38-3)32(37)39-4)24-13-17-27(18-14-24)41-21-30(35-40-5)23-11-15-26(33)16-12-23/h7-18,20H,6,19,21H2,1-5H3/b29-20?,34-22+,35-30-,36-31?. The number of carbonyl (C=O) groups excluding carboxylic acids is 1. The van der Waals surface area contributed by atoms with Crippen LogP contribution in [0.15, 0.2) is 94.5 Å². The lowest BCUT2D eigenvalue weighted by atomic mass is 10.0. The second-order valence-corrected chi connectivity index (χ2v) is 9.20. The Morgan fingerprint density at radius 2 is 1.56 bits per heavy atom. The largest absolute Gasteiger partial charge is 0.503 e. The smallest absolute Gasteiger partial charge is 0.341 e. The van der Waals surface area contributed by atoms with E-state index in [1.807, 2.05) is 61.5 Å². The monoisotopic (exact) mass is 607 g/mol. The first-order valence-electron chi connectivity index (χ1n) is 13.3. The Labute approximate surface area is 256 Å². The van der Waals surface area contributed by atoms with Crippen molar-refractivity contribution in [2.45, 2.75) is 20.5 Å². The van der Waals surface area contributed by atoms with E-state index in [4.69, 9.17) is 40.3 Å². The van der Waals surface area contributed by atoms with Crippen molar-refractivity contribution in [3.63, 3.8) is 0 Å². The molecule has 43 heavy (non-hydrogen) atoms. The highest BCUT2D eigenvalue weighted by atomic mass is 35.5.